The molecule has 1 rings (SSSR count). The van der Waals surface area contributed by atoms with E-state index in [0.717, 1.165) is 0 Å². The first-order chi connectivity index (χ1) is 8.51. The van der Waals surface area contributed by atoms with Crippen LogP contribution in [-0.2, 0) is 4.79 Å². The summed E-state index contributed by atoms with van der Waals surface area (Å²) in [5, 5.41) is 3.16. The van der Waals surface area contributed by atoms with Crippen LogP contribution in [0, 0.1) is 0 Å². The first-order valence-corrected chi connectivity index (χ1v) is 6.94. The number of nitrogens with one attached hydrogen (secondary N) is 1. The van der Waals surface area contributed by atoms with Crippen molar-refractivity contribution in [2.45, 2.75) is 32.5 Å². The molecule has 0 saturated heterocycles. The molecule has 1 heterocycles. The Morgan fingerprint density at radius 3 is 2.39 bits per heavy atom. The predicted molar refractivity (Wildman–Crippen MR) is 83.5 cm³/mol. The van der Waals surface area contributed by atoms with Gasteiger partial charge in [0.1, 0.15) is 5.82 Å². The van der Waals surface area contributed by atoms with Crippen LogP contribution in [0.1, 0.15) is 27.7 Å². The zero-order valence-corrected chi connectivity index (χ0v) is 13.5. The van der Waals surface area contributed by atoms with Gasteiger partial charge < -0.3 is 5.32 Å². The fraction of sp³-hybridized carbons (Fsp3) is 0.385. The van der Waals surface area contributed by atoms with E-state index in [1.165, 1.54) is 6.20 Å². The number of carbonyl (C=O) groups excluding carboxylic acids is 1. The summed E-state index contributed by atoms with van der Waals surface area (Å²) in [5.41, 5.74) is 0. The molecule has 0 aliphatic heterocycles. The van der Waals surface area contributed by atoms with Gasteiger partial charge in [0.05, 0.1) is 9.85 Å². The number of rotatable bonds is 2. The fourth-order valence-corrected chi connectivity index (χ4v) is 0.902. The highest BCUT2D eigenvalue weighted by atomic mass is 79.9. The van der Waals surface area contributed by atoms with Crippen LogP contribution in [-0.4, -0.2) is 15.7 Å². The van der Waals surface area contributed by atoms with Crippen LogP contribution < -0.4 is 5.32 Å². The average Bonchev–Trinajstić information content (AvgIpc) is 2.35. The molecule has 0 aromatic carbocycles. The zero-order valence-electron chi connectivity index (χ0n) is 11.2. The molecule has 1 N–H and O–H groups in total. The third-order valence-electron chi connectivity index (χ3n) is 1.34. The van der Waals surface area contributed by atoms with Gasteiger partial charge in [0.25, 0.3) is 0 Å². The monoisotopic (exact) mass is 334 g/mol. The van der Waals surface area contributed by atoms with Gasteiger partial charge in [-0.2, -0.15) is 0 Å². The van der Waals surface area contributed by atoms with Gasteiger partial charge in [0.15, 0.2) is 0 Å². The topological polar surface area (TPSA) is 42.0 Å². The Hall–Kier alpha value is -0.870. The molecule has 102 valence electrons. The number of halogens is 2. The summed E-state index contributed by atoms with van der Waals surface area (Å²) in [6, 6.07) is 3.32. The third kappa shape index (κ3) is 10.3. The average molecular weight is 336 g/mol. The quantitative estimate of drug-likeness (QED) is 0.630. The maximum Gasteiger partial charge on any atom is 0.239 e. The first kappa shape index (κ1) is 19.5. The normalized spacial score (nSPS) is 9.89. The standard InChI is InChI=1S/C8H8BrClN2O.C3H6.C2H6/c1-5(9)8(13)12-7-3-2-6(10)4-11-7;1-3-2;1-2/h2-5H,1H3,(H,11,12,13);3H,1H2,2H3;1-2H3/t5-;;/m1../s1. The van der Waals surface area contributed by atoms with Crippen LogP contribution in [0.15, 0.2) is 31.0 Å². The molecule has 0 aliphatic rings. The lowest BCUT2D eigenvalue weighted by Gasteiger charge is -2.04. The highest BCUT2D eigenvalue weighted by Gasteiger charge is 2.08. The van der Waals surface area contributed by atoms with E-state index in [4.69, 9.17) is 11.6 Å². The Balaban J connectivity index is 0. The van der Waals surface area contributed by atoms with Crippen LogP contribution in [0.5, 0.6) is 0 Å². The predicted octanol–water partition coefficient (Wildman–Crippen LogP) is 4.68. The second kappa shape index (κ2) is 12.6. The molecule has 1 atom stereocenters. The van der Waals surface area contributed by atoms with Crippen LogP contribution >= 0.6 is 27.5 Å². The second-order valence-electron chi connectivity index (χ2n) is 2.88. The van der Waals surface area contributed by atoms with Crippen LogP contribution in [0.2, 0.25) is 5.02 Å². The highest BCUT2D eigenvalue weighted by molar-refractivity contribution is 9.10. The summed E-state index contributed by atoms with van der Waals surface area (Å²) in [7, 11) is 0. The minimum absolute atomic E-state index is 0.130. The maximum atomic E-state index is 11.2. The summed E-state index contributed by atoms with van der Waals surface area (Å²) in [5.74, 6) is 0.371. The highest BCUT2D eigenvalue weighted by Crippen LogP contribution is 2.10. The smallest absolute Gasteiger partial charge is 0.239 e. The summed E-state index contributed by atoms with van der Waals surface area (Å²) in [6.07, 6.45) is 3.23. The van der Waals surface area contributed by atoms with Crippen molar-refractivity contribution in [3.63, 3.8) is 0 Å². The van der Waals surface area contributed by atoms with Crippen molar-refractivity contribution in [1.29, 1.82) is 0 Å². The van der Waals surface area contributed by atoms with Crippen LogP contribution in [0.3, 0.4) is 0 Å². The molecule has 0 saturated carbocycles. The lowest BCUT2D eigenvalue weighted by molar-refractivity contribution is -0.115. The number of nitrogens with zero attached hydrogens (tertiary/aromatic N) is 1. The molecule has 18 heavy (non-hydrogen) atoms. The molecule has 0 bridgehead atoms. The fourth-order valence-electron chi connectivity index (χ4n) is 0.675. The van der Waals surface area contributed by atoms with Crippen molar-refractivity contribution in [1.82, 2.24) is 4.98 Å². The number of amides is 1. The second-order valence-corrected chi connectivity index (χ2v) is 4.69. The number of carbonyl (C=O) groups is 1. The van der Waals surface area contributed by atoms with Gasteiger partial charge in [-0.15, -0.1) is 6.58 Å². The molecule has 5 heteroatoms. The summed E-state index contributed by atoms with van der Waals surface area (Å²) < 4.78 is 0. The number of alkyl halides is 1. The molecule has 3 nitrogen and oxygen atoms in total. The molecule has 1 amide bonds. The van der Waals surface area contributed by atoms with Crippen molar-refractivity contribution in [2.24, 2.45) is 0 Å². The van der Waals surface area contributed by atoms with Crippen molar-refractivity contribution in [2.75, 3.05) is 5.32 Å². The van der Waals surface area contributed by atoms with Crippen LogP contribution in [0.4, 0.5) is 5.82 Å². The Morgan fingerprint density at radius 1 is 1.56 bits per heavy atom. The summed E-state index contributed by atoms with van der Waals surface area (Å²) in [6.45, 7) is 11.0. The van der Waals surface area contributed by atoms with Gasteiger partial charge in [0, 0.05) is 6.20 Å². The van der Waals surface area contributed by atoms with E-state index in [1.54, 1.807) is 25.1 Å². The minimum Gasteiger partial charge on any atom is -0.310 e. The third-order valence-corrected chi connectivity index (χ3v) is 1.98. The summed E-state index contributed by atoms with van der Waals surface area (Å²) in [4.78, 5) is 14.9. The Bertz CT molecular complexity index is 339. The number of hydrogen-bond donors (Lipinski definition) is 1. The van der Waals surface area contributed by atoms with Gasteiger partial charge in [-0.3, -0.25) is 4.79 Å². The lowest BCUT2D eigenvalue weighted by Crippen LogP contribution is -2.20. The van der Waals surface area contributed by atoms with E-state index in [2.05, 4.69) is 32.8 Å². The lowest BCUT2D eigenvalue weighted by atomic mass is 10.4. The Morgan fingerprint density at radius 2 is 2.06 bits per heavy atom. The molecule has 0 spiro atoms. The van der Waals surface area contributed by atoms with Gasteiger partial charge in [0.2, 0.25) is 5.91 Å². The zero-order chi connectivity index (χ0) is 14.6. The van der Waals surface area contributed by atoms with Crippen molar-refractivity contribution in [3.8, 4) is 0 Å². The molecule has 1 aromatic rings. The van der Waals surface area contributed by atoms with E-state index in [0.29, 0.717) is 10.8 Å². The molecule has 0 radical (unpaired) electrons. The molecule has 0 unspecified atom stereocenters. The Kier molecular flexibility index (Phi) is 13.6. The first-order valence-electron chi connectivity index (χ1n) is 5.64. The summed E-state index contributed by atoms with van der Waals surface area (Å²) >= 11 is 8.77. The number of anilines is 1. The van der Waals surface area contributed by atoms with E-state index in [9.17, 15) is 4.79 Å². The number of allylic oxidation sites excluding steroid dienone is 1. The Labute approximate surface area is 123 Å². The van der Waals surface area contributed by atoms with Crippen molar-refractivity contribution in [3.05, 3.63) is 36.0 Å². The van der Waals surface area contributed by atoms with E-state index < -0.39 is 0 Å². The molecule has 0 fully saturated rings. The molecular weight excluding hydrogens is 316 g/mol. The van der Waals surface area contributed by atoms with Gasteiger partial charge in [-0.25, -0.2) is 4.98 Å². The van der Waals surface area contributed by atoms with Gasteiger partial charge in [-0.1, -0.05) is 47.5 Å². The van der Waals surface area contributed by atoms with Crippen LogP contribution in [0.25, 0.3) is 0 Å². The molecule has 0 aliphatic carbocycles. The molecule has 1 aromatic heterocycles. The van der Waals surface area contributed by atoms with Crippen molar-refractivity contribution < 1.29 is 4.79 Å². The SMILES string of the molecule is C=CC.CC.C[C@@H](Br)C(=O)Nc1ccc(Cl)cn1. The van der Waals surface area contributed by atoms with Gasteiger partial charge in [-0.05, 0) is 26.0 Å². The number of hydrogen-bond acceptors (Lipinski definition) is 2. The van der Waals surface area contributed by atoms with E-state index in [-0.39, 0.29) is 10.7 Å². The van der Waals surface area contributed by atoms with Crippen molar-refractivity contribution >= 4 is 39.3 Å². The van der Waals surface area contributed by atoms with Gasteiger partial charge >= 0.3 is 0 Å². The van der Waals surface area contributed by atoms with E-state index in [1.807, 2.05) is 20.8 Å². The number of pyridine rings is 1. The minimum atomic E-state index is -0.232. The largest absolute Gasteiger partial charge is 0.310 e. The maximum absolute atomic E-state index is 11.2. The molecular formula is C13H20BrClN2O. The van der Waals surface area contributed by atoms with E-state index >= 15 is 0 Å². The number of aromatic nitrogens is 1.